The molecule has 132 valence electrons. The van der Waals surface area contributed by atoms with E-state index in [-0.39, 0.29) is 18.0 Å². The van der Waals surface area contributed by atoms with Crippen molar-refractivity contribution in [2.75, 3.05) is 14.2 Å². The molecule has 4 nitrogen and oxygen atoms in total. The molecule has 7 heteroatoms. The van der Waals surface area contributed by atoms with Gasteiger partial charge in [-0.3, -0.25) is 4.79 Å². The van der Waals surface area contributed by atoms with E-state index >= 15 is 0 Å². The molecule has 0 radical (unpaired) electrons. The van der Waals surface area contributed by atoms with Gasteiger partial charge in [0, 0.05) is 19.2 Å². The molecule has 0 heterocycles. The highest BCUT2D eigenvalue weighted by Gasteiger charge is 2.33. The number of hydrogen-bond donors (Lipinski definition) is 0. The van der Waals surface area contributed by atoms with Crippen molar-refractivity contribution in [3.8, 4) is 0 Å². The Balaban J connectivity index is 2.15. The van der Waals surface area contributed by atoms with Gasteiger partial charge in [0.2, 0.25) is 0 Å². The maximum Gasteiger partial charge on any atom is 0.416 e. The van der Waals surface area contributed by atoms with Crippen LogP contribution in [0.5, 0.6) is 0 Å². The first-order chi connectivity index (χ1) is 11.8. The summed E-state index contributed by atoms with van der Waals surface area (Å²) in [5.41, 5.74) is 0.431. The number of halogens is 3. The second-order valence-corrected chi connectivity index (χ2v) is 5.36. The van der Waals surface area contributed by atoms with E-state index < -0.39 is 11.7 Å². The van der Waals surface area contributed by atoms with Gasteiger partial charge in [0.05, 0.1) is 11.8 Å². The van der Waals surface area contributed by atoms with Crippen LogP contribution < -0.4 is 0 Å². The van der Waals surface area contributed by atoms with Gasteiger partial charge in [0.15, 0.2) is 0 Å². The van der Waals surface area contributed by atoms with Crippen LogP contribution in [0.2, 0.25) is 0 Å². The van der Waals surface area contributed by atoms with Crippen molar-refractivity contribution in [1.29, 1.82) is 0 Å². The largest absolute Gasteiger partial charge is 0.416 e. The van der Waals surface area contributed by atoms with Crippen molar-refractivity contribution in [3.63, 3.8) is 0 Å². The molecule has 0 saturated heterocycles. The highest BCUT2D eigenvalue weighted by Crippen LogP contribution is 2.32. The summed E-state index contributed by atoms with van der Waals surface area (Å²) in [4.78, 5) is 18.2. The molecule has 25 heavy (non-hydrogen) atoms. The Kier molecular flexibility index (Phi) is 5.80. The Morgan fingerprint density at radius 2 is 1.80 bits per heavy atom. The molecule has 0 aromatic heterocycles. The fraction of sp³-hybridized carbons (Fsp3) is 0.222. The number of nitrogens with zero attached hydrogens (tertiary/aromatic N) is 2. The fourth-order valence-electron chi connectivity index (χ4n) is 2.31. The lowest BCUT2D eigenvalue weighted by molar-refractivity contribution is -0.138. The first-order valence-electron chi connectivity index (χ1n) is 7.40. The average Bonchev–Trinajstić information content (AvgIpc) is 2.59. The van der Waals surface area contributed by atoms with E-state index in [9.17, 15) is 18.0 Å². The summed E-state index contributed by atoms with van der Waals surface area (Å²) in [5.74, 6) is -0.368. The third-order valence-electron chi connectivity index (χ3n) is 3.54. The smallest absolute Gasteiger partial charge is 0.399 e. The number of carbonyl (C=O) groups is 1. The third kappa shape index (κ3) is 4.82. The normalized spacial score (nSPS) is 11.6. The van der Waals surface area contributed by atoms with Crippen LogP contribution in [0.15, 0.2) is 53.7 Å². The first kappa shape index (κ1) is 18.5. The minimum absolute atomic E-state index is 0.0506. The maximum absolute atomic E-state index is 13.0. The maximum atomic E-state index is 13.0. The SMILES string of the molecule is CO/N=C/c1ccc(C(=O)N(C)Cc2ccccc2C(F)(F)F)cc1. The molecule has 0 aliphatic heterocycles. The topological polar surface area (TPSA) is 41.9 Å². The highest BCUT2D eigenvalue weighted by molar-refractivity contribution is 5.94. The predicted octanol–water partition coefficient (Wildman–Crippen LogP) is 3.96. The van der Waals surface area contributed by atoms with Gasteiger partial charge in [0.1, 0.15) is 7.11 Å². The van der Waals surface area contributed by atoms with Gasteiger partial charge in [-0.25, -0.2) is 0 Å². The Labute approximate surface area is 143 Å². The van der Waals surface area contributed by atoms with Crippen molar-refractivity contribution in [3.05, 3.63) is 70.8 Å². The Hall–Kier alpha value is -2.83. The van der Waals surface area contributed by atoms with Crippen molar-refractivity contribution < 1.29 is 22.8 Å². The van der Waals surface area contributed by atoms with Gasteiger partial charge in [0.25, 0.3) is 5.91 Å². The zero-order valence-corrected chi connectivity index (χ0v) is 13.7. The summed E-state index contributed by atoms with van der Waals surface area (Å²) in [5, 5.41) is 3.61. The number of hydrogen-bond acceptors (Lipinski definition) is 3. The summed E-state index contributed by atoms with van der Waals surface area (Å²) in [6.07, 6.45) is -2.97. The van der Waals surface area contributed by atoms with E-state index in [1.807, 2.05) is 0 Å². The van der Waals surface area contributed by atoms with Crippen LogP contribution in [0.1, 0.15) is 27.0 Å². The second-order valence-electron chi connectivity index (χ2n) is 5.36. The quantitative estimate of drug-likeness (QED) is 0.605. The van der Waals surface area contributed by atoms with Gasteiger partial charge in [-0.1, -0.05) is 35.5 Å². The zero-order valence-electron chi connectivity index (χ0n) is 13.7. The lowest BCUT2D eigenvalue weighted by Gasteiger charge is -2.20. The van der Waals surface area contributed by atoms with Crippen LogP contribution in [-0.4, -0.2) is 31.2 Å². The van der Waals surface area contributed by atoms with E-state index in [1.165, 1.54) is 43.5 Å². The number of benzene rings is 2. The molecule has 0 saturated carbocycles. The summed E-state index contributed by atoms with van der Waals surface area (Å²) < 4.78 is 39.1. The molecule has 0 spiro atoms. The zero-order chi connectivity index (χ0) is 18.4. The number of alkyl halides is 3. The van der Waals surface area contributed by atoms with Crippen molar-refractivity contribution in [2.24, 2.45) is 5.16 Å². The Bertz CT molecular complexity index is 756. The van der Waals surface area contributed by atoms with Crippen molar-refractivity contribution in [2.45, 2.75) is 12.7 Å². The molecule has 0 aliphatic rings. The van der Waals surface area contributed by atoms with E-state index in [2.05, 4.69) is 9.99 Å². The molecule has 2 aromatic rings. The summed E-state index contributed by atoms with van der Waals surface area (Å²) in [7, 11) is 2.89. The molecule has 0 unspecified atom stereocenters. The lowest BCUT2D eigenvalue weighted by atomic mass is 10.1. The van der Waals surface area contributed by atoms with E-state index in [0.29, 0.717) is 5.56 Å². The predicted molar refractivity (Wildman–Crippen MR) is 88.3 cm³/mol. The van der Waals surface area contributed by atoms with Crippen LogP contribution in [0.25, 0.3) is 0 Å². The average molecular weight is 350 g/mol. The second kappa shape index (κ2) is 7.83. The summed E-state index contributed by atoms with van der Waals surface area (Å²) in [6, 6.07) is 11.8. The van der Waals surface area contributed by atoms with Gasteiger partial charge in [-0.2, -0.15) is 13.2 Å². The minimum Gasteiger partial charge on any atom is -0.399 e. The molecule has 2 rings (SSSR count). The molecule has 1 amide bonds. The molecule has 2 aromatic carbocycles. The summed E-state index contributed by atoms with van der Waals surface area (Å²) in [6.45, 7) is -0.137. The number of carbonyl (C=O) groups excluding carboxylic acids is 1. The molecule has 0 bridgehead atoms. The molecule has 0 N–H and O–H groups in total. The Morgan fingerprint density at radius 3 is 2.40 bits per heavy atom. The Morgan fingerprint density at radius 1 is 1.16 bits per heavy atom. The van der Waals surface area contributed by atoms with Gasteiger partial charge >= 0.3 is 6.18 Å². The van der Waals surface area contributed by atoms with Crippen molar-refractivity contribution >= 4 is 12.1 Å². The van der Waals surface area contributed by atoms with Crippen LogP contribution in [0.3, 0.4) is 0 Å². The number of oxime groups is 1. The van der Waals surface area contributed by atoms with Gasteiger partial charge in [-0.15, -0.1) is 0 Å². The van der Waals surface area contributed by atoms with Gasteiger partial charge in [-0.05, 0) is 29.3 Å². The number of rotatable bonds is 5. The summed E-state index contributed by atoms with van der Waals surface area (Å²) >= 11 is 0. The van der Waals surface area contributed by atoms with Crippen LogP contribution in [-0.2, 0) is 17.6 Å². The first-order valence-corrected chi connectivity index (χ1v) is 7.40. The third-order valence-corrected chi connectivity index (χ3v) is 3.54. The molecular weight excluding hydrogens is 333 g/mol. The standard InChI is InChI=1S/C18H17F3N2O2/c1-23(12-15-5-3-4-6-16(15)18(19,20)21)17(24)14-9-7-13(8-10-14)11-22-25-2/h3-11H,12H2,1-2H3/b22-11+. The van der Waals surface area contributed by atoms with E-state index in [1.54, 1.807) is 24.3 Å². The molecular formula is C18H17F3N2O2. The van der Waals surface area contributed by atoms with E-state index in [4.69, 9.17) is 0 Å². The highest BCUT2D eigenvalue weighted by atomic mass is 19.4. The van der Waals surface area contributed by atoms with Gasteiger partial charge < -0.3 is 9.74 Å². The van der Waals surface area contributed by atoms with Crippen LogP contribution >= 0.6 is 0 Å². The molecule has 0 aliphatic carbocycles. The number of amides is 1. The lowest BCUT2D eigenvalue weighted by Crippen LogP contribution is -2.27. The fourth-order valence-corrected chi connectivity index (χ4v) is 2.31. The monoisotopic (exact) mass is 350 g/mol. The van der Waals surface area contributed by atoms with E-state index in [0.717, 1.165) is 11.6 Å². The molecule has 0 atom stereocenters. The van der Waals surface area contributed by atoms with Crippen molar-refractivity contribution in [1.82, 2.24) is 4.90 Å². The molecule has 0 fully saturated rings. The minimum atomic E-state index is -4.46. The van der Waals surface area contributed by atoms with Crippen LogP contribution in [0.4, 0.5) is 13.2 Å². The van der Waals surface area contributed by atoms with Crippen LogP contribution in [0, 0.1) is 0 Å².